The number of hydrogen-bond donors (Lipinski definition) is 2. The highest BCUT2D eigenvalue weighted by molar-refractivity contribution is 5.68. The first-order chi connectivity index (χ1) is 5.93. The van der Waals surface area contributed by atoms with Gasteiger partial charge in [0, 0.05) is 11.6 Å². The molecule has 1 aliphatic rings. The second kappa shape index (κ2) is 3.64. The molecular formula is C9H18N2O2. The average Bonchev–Trinajstić information content (AvgIpc) is 1.96. The Morgan fingerprint density at radius 2 is 2.38 bits per heavy atom. The molecule has 4 heteroatoms. The number of carboxylic acids is 1. The monoisotopic (exact) mass is 186 g/mol. The maximum absolute atomic E-state index is 10.6. The molecule has 13 heavy (non-hydrogen) atoms. The van der Waals surface area contributed by atoms with Crippen molar-refractivity contribution in [2.45, 2.75) is 37.8 Å². The van der Waals surface area contributed by atoms with Crippen molar-refractivity contribution in [3.05, 3.63) is 0 Å². The number of carboxylic acid groups (broad SMARTS) is 1. The number of rotatable bonds is 2. The van der Waals surface area contributed by atoms with Crippen molar-refractivity contribution in [1.82, 2.24) is 4.90 Å². The number of piperidine rings is 1. The molecule has 0 radical (unpaired) electrons. The molecule has 0 aromatic heterocycles. The fourth-order valence-corrected chi connectivity index (χ4v) is 1.93. The quantitative estimate of drug-likeness (QED) is 0.649. The third kappa shape index (κ3) is 2.67. The molecule has 1 heterocycles. The Bertz CT molecular complexity index is 208. The Hall–Kier alpha value is -0.610. The predicted molar refractivity (Wildman–Crippen MR) is 50.5 cm³/mol. The van der Waals surface area contributed by atoms with E-state index < -0.39 is 11.5 Å². The minimum atomic E-state index is -0.792. The van der Waals surface area contributed by atoms with Gasteiger partial charge in [-0.15, -0.1) is 0 Å². The fraction of sp³-hybridized carbons (Fsp3) is 0.889. The van der Waals surface area contributed by atoms with Gasteiger partial charge in [-0.05, 0) is 33.4 Å². The van der Waals surface area contributed by atoms with E-state index in [1.807, 2.05) is 7.05 Å². The maximum Gasteiger partial charge on any atom is 0.305 e. The number of nitrogens with two attached hydrogens (primary N) is 1. The Morgan fingerprint density at radius 3 is 2.85 bits per heavy atom. The van der Waals surface area contributed by atoms with E-state index in [0.29, 0.717) is 6.04 Å². The van der Waals surface area contributed by atoms with Crippen molar-refractivity contribution in [3.8, 4) is 0 Å². The first-order valence-electron chi connectivity index (χ1n) is 4.64. The number of carbonyl (C=O) groups is 1. The molecule has 1 fully saturated rings. The van der Waals surface area contributed by atoms with E-state index in [0.717, 1.165) is 19.4 Å². The van der Waals surface area contributed by atoms with Crippen molar-refractivity contribution >= 4 is 5.97 Å². The van der Waals surface area contributed by atoms with E-state index >= 15 is 0 Å². The van der Waals surface area contributed by atoms with Gasteiger partial charge in [-0.1, -0.05) is 0 Å². The highest BCUT2D eigenvalue weighted by Crippen LogP contribution is 2.26. The van der Waals surface area contributed by atoms with Crippen LogP contribution in [0.5, 0.6) is 0 Å². The SMILES string of the molecule is CC1CC(N)(CC(=O)O)CCN1C. The largest absolute Gasteiger partial charge is 0.481 e. The maximum atomic E-state index is 10.6. The van der Waals surface area contributed by atoms with Gasteiger partial charge in [0.15, 0.2) is 0 Å². The fourth-order valence-electron chi connectivity index (χ4n) is 1.93. The van der Waals surface area contributed by atoms with Crippen molar-refractivity contribution < 1.29 is 9.90 Å². The molecule has 76 valence electrons. The summed E-state index contributed by atoms with van der Waals surface area (Å²) in [6, 6.07) is 0.387. The molecule has 0 spiro atoms. The first kappa shape index (κ1) is 10.5. The van der Waals surface area contributed by atoms with E-state index in [1.165, 1.54) is 0 Å². The van der Waals surface area contributed by atoms with Crippen molar-refractivity contribution in [2.24, 2.45) is 5.73 Å². The summed E-state index contributed by atoms with van der Waals surface area (Å²) >= 11 is 0. The van der Waals surface area contributed by atoms with Gasteiger partial charge < -0.3 is 15.7 Å². The lowest BCUT2D eigenvalue weighted by Crippen LogP contribution is -2.53. The van der Waals surface area contributed by atoms with Gasteiger partial charge in [0.1, 0.15) is 0 Å². The zero-order valence-corrected chi connectivity index (χ0v) is 8.29. The molecular weight excluding hydrogens is 168 g/mol. The van der Waals surface area contributed by atoms with Gasteiger partial charge in [0.25, 0.3) is 0 Å². The van der Waals surface area contributed by atoms with Crippen LogP contribution in [0.2, 0.25) is 0 Å². The van der Waals surface area contributed by atoms with E-state index in [2.05, 4.69) is 11.8 Å². The second-order valence-corrected chi connectivity index (χ2v) is 4.22. The van der Waals surface area contributed by atoms with Gasteiger partial charge in [-0.2, -0.15) is 0 Å². The van der Waals surface area contributed by atoms with E-state index in [-0.39, 0.29) is 6.42 Å². The third-order valence-corrected chi connectivity index (χ3v) is 2.92. The van der Waals surface area contributed by atoms with E-state index in [9.17, 15) is 4.79 Å². The molecule has 0 saturated carbocycles. The lowest BCUT2D eigenvalue weighted by Gasteiger charge is -2.41. The van der Waals surface area contributed by atoms with Gasteiger partial charge in [0.05, 0.1) is 6.42 Å². The minimum Gasteiger partial charge on any atom is -0.481 e. The number of nitrogens with zero attached hydrogens (tertiary/aromatic N) is 1. The van der Waals surface area contributed by atoms with Crippen LogP contribution in [0.25, 0.3) is 0 Å². The molecule has 1 aliphatic heterocycles. The van der Waals surface area contributed by atoms with Gasteiger partial charge in [-0.25, -0.2) is 0 Å². The Labute approximate surface area is 78.7 Å². The van der Waals surface area contributed by atoms with Gasteiger partial charge in [0.2, 0.25) is 0 Å². The first-order valence-corrected chi connectivity index (χ1v) is 4.64. The van der Waals surface area contributed by atoms with Crippen LogP contribution in [0.15, 0.2) is 0 Å². The number of hydrogen-bond acceptors (Lipinski definition) is 3. The van der Waals surface area contributed by atoms with Crippen LogP contribution < -0.4 is 5.73 Å². The molecule has 2 unspecified atom stereocenters. The molecule has 0 aromatic carbocycles. The van der Waals surface area contributed by atoms with Crippen LogP contribution in [0.1, 0.15) is 26.2 Å². The molecule has 0 amide bonds. The summed E-state index contributed by atoms with van der Waals surface area (Å²) in [6.45, 7) is 2.98. The lowest BCUT2D eigenvalue weighted by atomic mass is 9.82. The van der Waals surface area contributed by atoms with E-state index in [4.69, 9.17) is 10.8 Å². The van der Waals surface area contributed by atoms with Gasteiger partial charge in [-0.3, -0.25) is 4.79 Å². The highest BCUT2D eigenvalue weighted by Gasteiger charge is 2.35. The zero-order chi connectivity index (χ0) is 10.1. The van der Waals surface area contributed by atoms with Crippen LogP contribution in [-0.2, 0) is 4.79 Å². The third-order valence-electron chi connectivity index (χ3n) is 2.92. The zero-order valence-electron chi connectivity index (χ0n) is 8.29. The Kier molecular flexibility index (Phi) is 2.93. The molecule has 1 rings (SSSR count). The summed E-state index contributed by atoms with van der Waals surface area (Å²) < 4.78 is 0. The summed E-state index contributed by atoms with van der Waals surface area (Å²) in [5, 5.41) is 8.69. The van der Waals surface area contributed by atoms with Crippen molar-refractivity contribution in [1.29, 1.82) is 0 Å². The standard InChI is InChI=1S/C9H18N2O2/c1-7-5-9(10,6-8(12)13)3-4-11(7)2/h7H,3-6,10H2,1-2H3,(H,12,13). The molecule has 3 N–H and O–H groups in total. The Morgan fingerprint density at radius 1 is 1.77 bits per heavy atom. The normalized spacial score (nSPS) is 36.1. The highest BCUT2D eigenvalue weighted by atomic mass is 16.4. The lowest BCUT2D eigenvalue weighted by molar-refractivity contribution is -0.139. The summed E-state index contributed by atoms with van der Waals surface area (Å²) in [7, 11) is 2.05. The van der Waals surface area contributed by atoms with Gasteiger partial charge >= 0.3 is 5.97 Å². The van der Waals surface area contributed by atoms with Crippen LogP contribution in [0.4, 0.5) is 0 Å². The van der Waals surface area contributed by atoms with E-state index in [1.54, 1.807) is 0 Å². The smallest absolute Gasteiger partial charge is 0.305 e. The molecule has 4 nitrogen and oxygen atoms in total. The molecule has 2 atom stereocenters. The number of likely N-dealkylation sites (tertiary alicyclic amines) is 1. The van der Waals surface area contributed by atoms with Crippen LogP contribution in [0, 0.1) is 0 Å². The van der Waals surface area contributed by atoms with Crippen molar-refractivity contribution in [2.75, 3.05) is 13.6 Å². The van der Waals surface area contributed by atoms with Crippen LogP contribution in [-0.4, -0.2) is 41.1 Å². The van der Waals surface area contributed by atoms with Crippen LogP contribution >= 0.6 is 0 Å². The Balaban J connectivity index is 2.56. The summed E-state index contributed by atoms with van der Waals surface area (Å²) in [5.41, 5.74) is 5.52. The topological polar surface area (TPSA) is 66.6 Å². The summed E-state index contributed by atoms with van der Waals surface area (Å²) in [4.78, 5) is 12.8. The summed E-state index contributed by atoms with van der Waals surface area (Å²) in [6.07, 6.45) is 1.64. The van der Waals surface area contributed by atoms with Crippen LogP contribution in [0.3, 0.4) is 0 Å². The number of aliphatic carboxylic acids is 1. The van der Waals surface area contributed by atoms with Crippen molar-refractivity contribution in [3.63, 3.8) is 0 Å². The second-order valence-electron chi connectivity index (χ2n) is 4.22. The summed E-state index contributed by atoms with van der Waals surface area (Å²) in [5.74, 6) is -0.792. The molecule has 1 saturated heterocycles. The minimum absolute atomic E-state index is 0.0885. The predicted octanol–water partition coefficient (Wildman–Crippen LogP) is 0.273. The molecule has 0 aromatic rings. The average molecular weight is 186 g/mol. The molecule has 0 aliphatic carbocycles. The molecule has 0 bridgehead atoms.